The smallest absolute Gasteiger partial charge is 0.545 e. The number of hydrogen-bond acceptors (Lipinski definition) is 5. The van der Waals surface area contributed by atoms with Crippen LogP contribution in [0.3, 0.4) is 0 Å². The van der Waals surface area contributed by atoms with Gasteiger partial charge in [-0.25, -0.2) is 0 Å². The Balaban J connectivity index is 0. The van der Waals surface area contributed by atoms with Gasteiger partial charge in [0.25, 0.3) is 0 Å². The van der Waals surface area contributed by atoms with Crippen LogP contribution in [0.1, 0.15) is 10.4 Å². The van der Waals surface area contributed by atoms with Crippen molar-refractivity contribution in [3.05, 3.63) is 17.7 Å². The van der Waals surface area contributed by atoms with Crippen LogP contribution in [0.5, 0.6) is 17.2 Å². The summed E-state index contributed by atoms with van der Waals surface area (Å²) < 4.78 is 0. The molecule has 5 nitrogen and oxygen atoms in total. The Hall–Kier alpha value is -0.689. The van der Waals surface area contributed by atoms with Gasteiger partial charge in [-0.1, -0.05) is 0 Å². The maximum Gasteiger partial charge on any atom is 2.00 e. The van der Waals surface area contributed by atoms with Crippen LogP contribution in [0.25, 0.3) is 0 Å². The number of hydrogen-bond donors (Lipinski definition) is 3. The van der Waals surface area contributed by atoms with Crippen LogP contribution in [0, 0.1) is 0 Å². The van der Waals surface area contributed by atoms with E-state index >= 15 is 0 Å². The molecule has 0 saturated heterocycles. The molecule has 0 bridgehead atoms. The molecule has 0 saturated carbocycles. The van der Waals surface area contributed by atoms with Crippen molar-refractivity contribution in [3.8, 4) is 17.2 Å². The summed E-state index contributed by atoms with van der Waals surface area (Å²) in [7, 11) is 0. The van der Waals surface area contributed by atoms with Crippen LogP contribution in [0.15, 0.2) is 12.1 Å². The summed E-state index contributed by atoms with van der Waals surface area (Å²) >= 11 is 0. The molecule has 0 amide bonds. The topological polar surface area (TPSA) is 101 Å². The first-order valence-corrected chi connectivity index (χ1v) is 2.98. The second-order valence-corrected chi connectivity index (χ2v) is 2.15. The molecule has 0 radical (unpaired) electrons. The monoisotopic (exact) mass is 240 g/mol. The molecule has 0 atom stereocenters. The Morgan fingerprint density at radius 3 is 1.79 bits per heavy atom. The molecule has 3 N–H and O–H groups in total. The summed E-state index contributed by atoms with van der Waals surface area (Å²) in [6, 6.07) is 1.56. The van der Waals surface area contributed by atoms with E-state index in [1.165, 1.54) is 0 Å². The van der Waals surface area contributed by atoms with Crippen molar-refractivity contribution in [1.29, 1.82) is 0 Å². The minimum Gasteiger partial charge on any atom is -0.545 e. The van der Waals surface area contributed by atoms with Gasteiger partial charge in [-0.15, -0.1) is 0 Å². The van der Waals surface area contributed by atoms with Gasteiger partial charge < -0.3 is 25.2 Å². The van der Waals surface area contributed by atoms with Gasteiger partial charge in [0.05, 0.1) is 5.97 Å². The molecular formula is C7H5LiO5Zn+2. The number of carboxylic acid groups (broad SMARTS) is 1. The van der Waals surface area contributed by atoms with E-state index in [-0.39, 0.29) is 38.3 Å². The molecule has 0 aromatic heterocycles. The van der Waals surface area contributed by atoms with Crippen molar-refractivity contribution in [2.45, 2.75) is 0 Å². The Labute approximate surface area is 104 Å². The minimum atomic E-state index is -1.54. The Kier molecular flexibility index (Phi) is 6.67. The first-order valence-electron chi connectivity index (χ1n) is 2.98. The molecule has 0 unspecified atom stereocenters. The minimum absolute atomic E-state index is 0. The van der Waals surface area contributed by atoms with Crippen LogP contribution >= 0.6 is 0 Å². The van der Waals surface area contributed by atoms with Crippen molar-refractivity contribution in [3.63, 3.8) is 0 Å². The van der Waals surface area contributed by atoms with Crippen molar-refractivity contribution in [1.82, 2.24) is 0 Å². The van der Waals surface area contributed by atoms with E-state index < -0.39 is 28.8 Å². The van der Waals surface area contributed by atoms with Gasteiger partial charge in [-0.3, -0.25) is 0 Å². The van der Waals surface area contributed by atoms with Crippen molar-refractivity contribution in [2.75, 3.05) is 0 Å². The van der Waals surface area contributed by atoms with Gasteiger partial charge in [0.1, 0.15) is 0 Å². The number of carbonyl (C=O) groups excluding carboxylic acids is 1. The molecule has 0 aliphatic heterocycles. The largest absolute Gasteiger partial charge is 2.00 e. The van der Waals surface area contributed by atoms with Crippen LogP contribution in [-0.2, 0) is 19.5 Å². The van der Waals surface area contributed by atoms with E-state index in [4.69, 9.17) is 15.3 Å². The van der Waals surface area contributed by atoms with Crippen molar-refractivity contribution < 1.29 is 63.6 Å². The van der Waals surface area contributed by atoms with E-state index in [0.29, 0.717) is 0 Å². The first-order chi connectivity index (χ1) is 5.52. The zero-order chi connectivity index (χ0) is 9.30. The number of phenolic OH excluding ortho intramolecular Hbond substituents is 3. The fourth-order valence-corrected chi connectivity index (χ4v) is 0.722. The van der Waals surface area contributed by atoms with Crippen molar-refractivity contribution >= 4 is 5.97 Å². The van der Waals surface area contributed by atoms with Crippen molar-refractivity contribution in [2.24, 2.45) is 0 Å². The molecule has 0 heterocycles. The van der Waals surface area contributed by atoms with Gasteiger partial charge in [0.15, 0.2) is 17.2 Å². The van der Waals surface area contributed by atoms with Gasteiger partial charge >= 0.3 is 38.3 Å². The molecule has 14 heavy (non-hydrogen) atoms. The van der Waals surface area contributed by atoms with E-state index in [0.717, 1.165) is 12.1 Å². The molecule has 0 spiro atoms. The van der Waals surface area contributed by atoms with E-state index in [1.54, 1.807) is 0 Å². The molecule has 0 fully saturated rings. The molecule has 1 aromatic rings. The summed E-state index contributed by atoms with van der Waals surface area (Å²) in [6.07, 6.45) is 0. The van der Waals surface area contributed by atoms with E-state index in [2.05, 4.69) is 0 Å². The van der Waals surface area contributed by atoms with Gasteiger partial charge in [-0.2, -0.15) is 0 Å². The Morgan fingerprint density at radius 2 is 1.50 bits per heavy atom. The molecule has 1 aromatic carbocycles. The fourth-order valence-electron chi connectivity index (χ4n) is 0.722. The van der Waals surface area contributed by atoms with Gasteiger partial charge in [0, 0.05) is 5.56 Å². The SMILES string of the molecule is O=C([O-])c1cc(O)c(O)c(O)c1.[Li+].[Zn+2]. The third-order valence-electron chi connectivity index (χ3n) is 1.31. The third-order valence-corrected chi connectivity index (χ3v) is 1.31. The van der Waals surface area contributed by atoms with E-state index in [9.17, 15) is 9.90 Å². The second-order valence-electron chi connectivity index (χ2n) is 2.15. The predicted molar refractivity (Wildman–Crippen MR) is 35.8 cm³/mol. The molecule has 0 aliphatic carbocycles. The molecule has 0 aliphatic rings. The predicted octanol–water partition coefficient (Wildman–Crippen LogP) is -3.83. The number of aromatic carboxylic acids is 1. The van der Waals surface area contributed by atoms with Crippen LogP contribution in [0.4, 0.5) is 0 Å². The van der Waals surface area contributed by atoms with Gasteiger partial charge in [-0.05, 0) is 12.1 Å². The van der Waals surface area contributed by atoms with Gasteiger partial charge in [0.2, 0.25) is 0 Å². The zero-order valence-corrected chi connectivity index (χ0v) is 10.5. The van der Waals surface area contributed by atoms with Crippen LogP contribution in [-0.4, -0.2) is 21.3 Å². The molecule has 64 valence electrons. The fraction of sp³-hybridized carbons (Fsp3) is 0. The third kappa shape index (κ3) is 3.22. The maximum atomic E-state index is 10.2. The number of aromatic hydroxyl groups is 3. The Bertz CT molecular complexity index is 318. The summed E-state index contributed by atoms with van der Waals surface area (Å²) in [4.78, 5) is 10.2. The summed E-state index contributed by atoms with van der Waals surface area (Å²) in [5.74, 6) is -3.69. The number of benzene rings is 1. The zero-order valence-electron chi connectivity index (χ0n) is 7.52. The number of rotatable bonds is 1. The van der Waals surface area contributed by atoms with Crippen LogP contribution in [0.2, 0.25) is 0 Å². The summed E-state index contributed by atoms with van der Waals surface area (Å²) in [5, 5.41) is 36.7. The van der Waals surface area contributed by atoms with E-state index in [1.807, 2.05) is 0 Å². The molecule has 1 rings (SSSR count). The average Bonchev–Trinajstić information content (AvgIpc) is 1.99. The quantitative estimate of drug-likeness (QED) is 0.345. The molecular weight excluding hydrogens is 236 g/mol. The summed E-state index contributed by atoms with van der Waals surface area (Å²) in [5.41, 5.74) is -0.400. The number of carboxylic acids is 1. The number of carbonyl (C=O) groups is 1. The first kappa shape index (κ1) is 15.8. The maximum absolute atomic E-state index is 10.2. The Morgan fingerprint density at radius 1 is 1.14 bits per heavy atom. The second kappa shape index (κ2) is 5.92. The van der Waals surface area contributed by atoms with Crippen LogP contribution < -0.4 is 24.0 Å². The molecule has 7 heteroatoms. The average molecular weight is 241 g/mol. The summed E-state index contributed by atoms with van der Waals surface area (Å²) in [6.45, 7) is 0. The standard InChI is InChI=1S/C7H6O5.Li.Zn/c8-4-1-3(7(11)12)2-5(9)6(4)10;;/h1-2,8-10H,(H,11,12);;/q;+1;+2/p-1. The number of phenols is 3. The normalized spacial score (nSPS) is 8.29.